The summed E-state index contributed by atoms with van der Waals surface area (Å²) >= 11 is 0. The quantitative estimate of drug-likeness (QED) is 0.697. The van der Waals surface area contributed by atoms with E-state index >= 15 is 0 Å². The largest absolute Gasteiger partial charge is 0.398 e. The van der Waals surface area contributed by atoms with Crippen molar-refractivity contribution in [1.29, 1.82) is 0 Å². The number of Topliss-reactive ketones (excluding diaryl/α,β-unsaturated/α-hetero) is 1. The van der Waals surface area contributed by atoms with E-state index in [1.165, 1.54) is 7.11 Å². The van der Waals surface area contributed by atoms with Gasteiger partial charge in [0.25, 0.3) is 0 Å². The first kappa shape index (κ1) is 11.6. The standard InChI is InChI=1S/C10H15N3O2/c1-15-6-9(12)10(14)4-7-5-13-3-2-8(7)11/h2-3,5,9H,4,6,12H2,1H3,(H2,11,13). The summed E-state index contributed by atoms with van der Waals surface area (Å²) in [6.45, 7) is 0.221. The molecule has 1 aromatic heterocycles. The molecule has 0 aliphatic carbocycles. The Hall–Kier alpha value is -1.46. The number of pyridine rings is 1. The van der Waals surface area contributed by atoms with Gasteiger partial charge in [-0.1, -0.05) is 0 Å². The van der Waals surface area contributed by atoms with Crippen molar-refractivity contribution < 1.29 is 9.53 Å². The van der Waals surface area contributed by atoms with Gasteiger partial charge in [0.05, 0.1) is 12.6 Å². The third-order valence-electron chi connectivity index (χ3n) is 2.07. The molecule has 82 valence electrons. The van der Waals surface area contributed by atoms with Gasteiger partial charge >= 0.3 is 0 Å². The molecule has 0 aliphatic rings. The highest BCUT2D eigenvalue weighted by atomic mass is 16.5. The Morgan fingerprint density at radius 2 is 2.40 bits per heavy atom. The SMILES string of the molecule is COCC(N)C(=O)Cc1cnccc1N. The Balaban J connectivity index is 2.62. The summed E-state index contributed by atoms with van der Waals surface area (Å²) in [7, 11) is 1.51. The minimum atomic E-state index is -0.602. The van der Waals surface area contributed by atoms with Crippen molar-refractivity contribution >= 4 is 11.5 Å². The fourth-order valence-corrected chi connectivity index (χ4v) is 1.18. The normalized spacial score (nSPS) is 12.4. The number of rotatable bonds is 5. The number of hydrogen-bond donors (Lipinski definition) is 2. The number of ether oxygens (including phenoxy) is 1. The molecule has 1 aromatic rings. The fraction of sp³-hybridized carbons (Fsp3) is 0.400. The molecule has 1 unspecified atom stereocenters. The summed E-state index contributed by atoms with van der Waals surface area (Å²) < 4.78 is 4.80. The lowest BCUT2D eigenvalue weighted by Crippen LogP contribution is -2.36. The Labute approximate surface area is 88.4 Å². The maximum Gasteiger partial charge on any atom is 0.156 e. The van der Waals surface area contributed by atoms with Crippen LogP contribution in [0.2, 0.25) is 0 Å². The zero-order valence-electron chi connectivity index (χ0n) is 8.64. The number of carbonyl (C=O) groups excluding carboxylic acids is 1. The van der Waals surface area contributed by atoms with Crippen molar-refractivity contribution in [3.05, 3.63) is 24.0 Å². The second-order valence-corrected chi connectivity index (χ2v) is 3.28. The highest BCUT2D eigenvalue weighted by Gasteiger charge is 2.14. The molecule has 1 atom stereocenters. The summed E-state index contributed by atoms with van der Waals surface area (Å²) in [5.74, 6) is -0.100. The maximum absolute atomic E-state index is 11.6. The van der Waals surface area contributed by atoms with Crippen LogP contribution in [-0.2, 0) is 16.0 Å². The van der Waals surface area contributed by atoms with Gasteiger partial charge in [-0.25, -0.2) is 0 Å². The predicted octanol–water partition coefficient (Wildman–Crippen LogP) is -0.251. The molecule has 0 bridgehead atoms. The van der Waals surface area contributed by atoms with Crippen LogP contribution >= 0.6 is 0 Å². The number of ketones is 1. The Morgan fingerprint density at radius 1 is 1.67 bits per heavy atom. The molecule has 5 heteroatoms. The fourth-order valence-electron chi connectivity index (χ4n) is 1.18. The van der Waals surface area contributed by atoms with E-state index in [0.29, 0.717) is 11.3 Å². The van der Waals surface area contributed by atoms with Crippen LogP contribution in [0.3, 0.4) is 0 Å². The number of nitrogens with zero attached hydrogens (tertiary/aromatic N) is 1. The first-order chi connectivity index (χ1) is 7.15. The van der Waals surface area contributed by atoms with Gasteiger partial charge in [-0.3, -0.25) is 9.78 Å². The van der Waals surface area contributed by atoms with Crippen LogP contribution in [0, 0.1) is 0 Å². The summed E-state index contributed by atoms with van der Waals surface area (Å²) in [5, 5.41) is 0. The van der Waals surface area contributed by atoms with Crippen molar-refractivity contribution in [3.63, 3.8) is 0 Å². The number of nitrogen functional groups attached to an aromatic ring is 1. The zero-order chi connectivity index (χ0) is 11.3. The first-order valence-electron chi connectivity index (χ1n) is 4.60. The molecule has 0 spiro atoms. The molecule has 0 aromatic carbocycles. The number of methoxy groups -OCH3 is 1. The van der Waals surface area contributed by atoms with Crippen molar-refractivity contribution in [2.45, 2.75) is 12.5 Å². The summed E-state index contributed by atoms with van der Waals surface area (Å²) in [5.41, 5.74) is 12.5. The molecule has 4 N–H and O–H groups in total. The summed E-state index contributed by atoms with van der Waals surface area (Å²) in [6.07, 6.45) is 3.36. The van der Waals surface area contributed by atoms with Crippen LogP contribution in [0.4, 0.5) is 5.69 Å². The second-order valence-electron chi connectivity index (χ2n) is 3.28. The molecule has 15 heavy (non-hydrogen) atoms. The lowest BCUT2D eigenvalue weighted by molar-refractivity contribution is -0.120. The molecule has 0 saturated carbocycles. The van der Waals surface area contributed by atoms with E-state index in [1.54, 1.807) is 18.5 Å². The van der Waals surface area contributed by atoms with Gasteiger partial charge in [-0.2, -0.15) is 0 Å². The number of hydrogen-bond acceptors (Lipinski definition) is 5. The van der Waals surface area contributed by atoms with Gasteiger partial charge in [-0.05, 0) is 6.07 Å². The third-order valence-corrected chi connectivity index (χ3v) is 2.07. The number of aromatic nitrogens is 1. The van der Waals surface area contributed by atoms with E-state index < -0.39 is 6.04 Å². The van der Waals surface area contributed by atoms with E-state index in [-0.39, 0.29) is 18.8 Å². The number of nitrogens with two attached hydrogens (primary N) is 2. The predicted molar refractivity (Wildman–Crippen MR) is 57.2 cm³/mol. The average Bonchev–Trinajstić information content (AvgIpc) is 2.21. The highest BCUT2D eigenvalue weighted by molar-refractivity contribution is 5.86. The molecule has 5 nitrogen and oxygen atoms in total. The van der Waals surface area contributed by atoms with Crippen LogP contribution in [0.1, 0.15) is 5.56 Å². The van der Waals surface area contributed by atoms with Crippen molar-refractivity contribution in [1.82, 2.24) is 4.98 Å². The molecule has 0 aliphatic heterocycles. The minimum absolute atomic E-state index is 0.100. The molecule has 0 amide bonds. The van der Waals surface area contributed by atoms with E-state index in [2.05, 4.69) is 4.98 Å². The smallest absolute Gasteiger partial charge is 0.156 e. The first-order valence-corrected chi connectivity index (χ1v) is 4.60. The Morgan fingerprint density at radius 3 is 3.00 bits per heavy atom. The van der Waals surface area contributed by atoms with Crippen LogP contribution < -0.4 is 11.5 Å². The van der Waals surface area contributed by atoms with Gasteiger partial charge in [0, 0.05) is 37.2 Å². The molecule has 0 radical (unpaired) electrons. The van der Waals surface area contributed by atoms with Crippen molar-refractivity contribution in [2.24, 2.45) is 5.73 Å². The zero-order valence-corrected chi connectivity index (χ0v) is 8.64. The molecule has 0 saturated heterocycles. The average molecular weight is 209 g/mol. The van der Waals surface area contributed by atoms with E-state index in [9.17, 15) is 4.79 Å². The van der Waals surface area contributed by atoms with Gasteiger partial charge in [0.15, 0.2) is 5.78 Å². The van der Waals surface area contributed by atoms with Crippen LogP contribution in [0.25, 0.3) is 0 Å². The maximum atomic E-state index is 11.6. The second kappa shape index (κ2) is 5.43. The van der Waals surface area contributed by atoms with Crippen LogP contribution in [0.15, 0.2) is 18.5 Å². The topological polar surface area (TPSA) is 91.2 Å². The van der Waals surface area contributed by atoms with Crippen LogP contribution in [0.5, 0.6) is 0 Å². The van der Waals surface area contributed by atoms with Crippen molar-refractivity contribution in [3.8, 4) is 0 Å². The highest BCUT2D eigenvalue weighted by Crippen LogP contribution is 2.10. The van der Waals surface area contributed by atoms with Gasteiger partial charge < -0.3 is 16.2 Å². The molecular weight excluding hydrogens is 194 g/mol. The van der Waals surface area contributed by atoms with Crippen LogP contribution in [-0.4, -0.2) is 30.5 Å². The Kier molecular flexibility index (Phi) is 4.20. The summed E-state index contributed by atoms with van der Waals surface area (Å²) in [4.78, 5) is 15.5. The molecule has 1 rings (SSSR count). The van der Waals surface area contributed by atoms with Gasteiger partial charge in [-0.15, -0.1) is 0 Å². The third kappa shape index (κ3) is 3.30. The number of anilines is 1. The van der Waals surface area contributed by atoms with Crippen molar-refractivity contribution in [2.75, 3.05) is 19.5 Å². The van der Waals surface area contributed by atoms with Gasteiger partial charge in [0.1, 0.15) is 0 Å². The van der Waals surface area contributed by atoms with E-state index in [4.69, 9.17) is 16.2 Å². The molecule has 1 heterocycles. The monoisotopic (exact) mass is 209 g/mol. The molecule has 0 fully saturated rings. The van der Waals surface area contributed by atoms with Gasteiger partial charge in [0.2, 0.25) is 0 Å². The number of carbonyl (C=O) groups is 1. The lowest BCUT2D eigenvalue weighted by atomic mass is 10.1. The van der Waals surface area contributed by atoms with E-state index in [1.807, 2.05) is 0 Å². The minimum Gasteiger partial charge on any atom is -0.398 e. The molecular formula is C10H15N3O2. The summed E-state index contributed by atoms with van der Waals surface area (Å²) in [6, 6.07) is 1.05. The van der Waals surface area contributed by atoms with E-state index in [0.717, 1.165) is 0 Å². The lowest BCUT2D eigenvalue weighted by Gasteiger charge is -2.09. The Bertz CT molecular complexity index is 341.